The van der Waals surface area contributed by atoms with E-state index in [2.05, 4.69) is 0 Å². The molecule has 0 fully saturated rings. The number of aryl methyl sites for hydroxylation is 1. The number of nitrogens with zero attached hydrogens (tertiary/aromatic N) is 1. The van der Waals surface area contributed by atoms with E-state index in [1.54, 1.807) is 13.8 Å². The molecule has 0 radical (unpaired) electrons. The van der Waals surface area contributed by atoms with Gasteiger partial charge in [-0.3, -0.25) is 4.79 Å². The van der Waals surface area contributed by atoms with Gasteiger partial charge in [-0.15, -0.1) is 0 Å². The predicted octanol–water partition coefficient (Wildman–Crippen LogP) is 1.12. The minimum Gasteiger partial charge on any atom is -0.294 e. The monoisotopic (exact) mass is 215 g/mol. The van der Waals surface area contributed by atoms with Crippen LogP contribution in [-0.2, 0) is 10.0 Å². The first kappa shape index (κ1) is 11.0. The second kappa shape index (κ2) is 3.24. The molecule has 1 rings (SSSR count). The number of ketones is 1. The predicted molar refractivity (Wildman–Crippen MR) is 54.2 cm³/mol. The summed E-state index contributed by atoms with van der Waals surface area (Å²) in [6.07, 6.45) is 2.59. The average molecular weight is 215 g/mol. The van der Waals surface area contributed by atoms with Crippen molar-refractivity contribution in [2.45, 2.75) is 20.8 Å². The van der Waals surface area contributed by atoms with Gasteiger partial charge in [0.15, 0.2) is 5.78 Å². The average Bonchev–Trinajstić information content (AvgIpc) is 2.24. The molecule has 14 heavy (non-hydrogen) atoms. The zero-order valence-electron chi connectivity index (χ0n) is 8.66. The number of aromatic nitrogens is 1. The molecular weight excluding hydrogens is 202 g/mol. The van der Waals surface area contributed by atoms with Gasteiger partial charge in [-0.25, -0.2) is 12.4 Å². The maximum absolute atomic E-state index is 11.3. The third-order valence-corrected chi connectivity index (χ3v) is 3.20. The van der Waals surface area contributed by atoms with Crippen LogP contribution in [0.2, 0.25) is 0 Å². The number of carbonyl (C=O) groups is 1. The zero-order valence-corrected chi connectivity index (χ0v) is 9.47. The van der Waals surface area contributed by atoms with Gasteiger partial charge in [-0.2, -0.15) is 0 Å². The van der Waals surface area contributed by atoms with E-state index in [0.717, 1.165) is 10.2 Å². The summed E-state index contributed by atoms with van der Waals surface area (Å²) in [6, 6.07) is 0. The molecular formula is C9H13NO3S. The van der Waals surface area contributed by atoms with E-state index in [1.165, 1.54) is 13.1 Å². The van der Waals surface area contributed by atoms with Crippen LogP contribution in [0.5, 0.6) is 0 Å². The fraction of sp³-hybridized carbons (Fsp3) is 0.444. The molecule has 0 amide bonds. The van der Waals surface area contributed by atoms with Crippen LogP contribution >= 0.6 is 0 Å². The second-order valence-corrected chi connectivity index (χ2v) is 5.25. The molecule has 0 aromatic carbocycles. The van der Waals surface area contributed by atoms with E-state index in [4.69, 9.17) is 0 Å². The highest BCUT2D eigenvalue weighted by Crippen LogP contribution is 2.18. The standard InChI is InChI=1S/C9H13NO3S/c1-6-5-10(14(4,12)13)7(2)9(6)8(3)11/h5H,1-4H3. The van der Waals surface area contributed by atoms with Gasteiger partial charge in [0, 0.05) is 17.5 Å². The third kappa shape index (κ3) is 1.72. The summed E-state index contributed by atoms with van der Waals surface area (Å²) in [7, 11) is -3.30. The molecule has 0 aliphatic carbocycles. The van der Waals surface area contributed by atoms with Gasteiger partial charge >= 0.3 is 0 Å². The Hall–Kier alpha value is -1.10. The maximum Gasteiger partial charge on any atom is 0.235 e. The number of Topliss-reactive ketones (excluding diaryl/α,β-unsaturated/α-hetero) is 1. The Morgan fingerprint density at radius 2 is 1.86 bits per heavy atom. The Labute approximate surface area is 83.6 Å². The molecule has 0 aliphatic rings. The van der Waals surface area contributed by atoms with Gasteiger partial charge in [-0.1, -0.05) is 0 Å². The van der Waals surface area contributed by atoms with Gasteiger partial charge in [-0.05, 0) is 26.3 Å². The molecule has 0 saturated heterocycles. The van der Waals surface area contributed by atoms with Crippen LogP contribution in [-0.4, -0.2) is 24.4 Å². The van der Waals surface area contributed by atoms with Gasteiger partial charge in [0.2, 0.25) is 10.0 Å². The molecule has 0 N–H and O–H groups in total. The van der Waals surface area contributed by atoms with Crippen molar-refractivity contribution in [1.29, 1.82) is 0 Å². The van der Waals surface area contributed by atoms with Crippen molar-refractivity contribution in [2.24, 2.45) is 0 Å². The lowest BCUT2D eigenvalue weighted by Gasteiger charge is -2.02. The van der Waals surface area contributed by atoms with Crippen molar-refractivity contribution in [1.82, 2.24) is 3.97 Å². The number of hydrogen-bond donors (Lipinski definition) is 0. The van der Waals surface area contributed by atoms with E-state index in [9.17, 15) is 13.2 Å². The number of carbonyl (C=O) groups excluding carboxylic acids is 1. The third-order valence-electron chi connectivity index (χ3n) is 2.11. The van der Waals surface area contributed by atoms with Crippen molar-refractivity contribution in [3.63, 3.8) is 0 Å². The normalized spacial score (nSPS) is 11.7. The highest BCUT2D eigenvalue weighted by atomic mass is 32.2. The second-order valence-electron chi connectivity index (χ2n) is 3.39. The summed E-state index contributed by atoms with van der Waals surface area (Å²) in [5.41, 5.74) is 1.67. The van der Waals surface area contributed by atoms with Crippen LogP contribution in [0.15, 0.2) is 6.20 Å². The highest BCUT2D eigenvalue weighted by Gasteiger charge is 2.17. The van der Waals surface area contributed by atoms with E-state index in [-0.39, 0.29) is 5.78 Å². The summed E-state index contributed by atoms with van der Waals surface area (Å²) >= 11 is 0. The van der Waals surface area contributed by atoms with Crippen molar-refractivity contribution < 1.29 is 13.2 Å². The quantitative estimate of drug-likeness (QED) is 0.694. The fourth-order valence-corrected chi connectivity index (χ4v) is 2.55. The van der Waals surface area contributed by atoms with Crippen molar-refractivity contribution in [3.05, 3.63) is 23.0 Å². The Balaban J connectivity index is 3.55. The van der Waals surface area contributed by atoms with E-state index in [1.807, 2.05) is 0 Å². The summed E-state index contributed by atoms with van der Waals surface area (Å²) in [4.78, 5) is 11.2. The Morgan fingerprint density at radius 3 is 2.07 bits per heavy atom. The zero-order chi connectivity index (χ0) is 11.1. The van der Waals surface area contributed by atoms with E-state index in [0.29, 0.717) is 16.8 Å². The molecule has 0 atom stereocenters. The van der Waals surface area contributed by atoms with Crippen LogP contribution in [0.1, 0.15) is 28.5 Å². The number of hydrogen-bond acceptors (Lipinski definition) is 3. The first-order valence-corrected chi connectivity index (χ1v) is 6.00. The molecule has 1 aromatic rings. The summed E-state index contributed by atoms with van der Waals surface area (Å²) in [5, 5.41) is 0. The molecule has 0 unspecified atom stereocenters. The van der Waals surface area contributed by atoms with Crippen molar-refractivity contribution in [2.75, 3.05) is 6.26 Å². The van der Waals surface area contributed by atoms with Gasteiger partial charge in [0.1, 0.15) is 0 Å². The van der Waals surface area contributed by atoms with Crippen LogP contribution in [0.4, 0.5) is 0 Å². The smallest absolute Gasteiger partial charge is 0.235 e. The lowest BCUT2D eigenvalue weighted by Crippen LogP contribution is -2.11. The van der Waals surface area contributed by atoms with E-state index >= 15 is 0 Å². The van der Waals surface area contributed by atoms with Crippen LogP contribution < -0.4 is 0 Å². The molecule has 0 saturated carbocycles. The molecule has 0 bridgehead atoms. The molecule has 5 heteroatoms. The Kier molecular flexibility index (Phi) is 2.54. The highest BCUT2D eigenvalue weighted by molar-refractivity contribution is 7.89. The fourth-order valence-electron chi connectivity index (χ4n) is 1.61. The summed E-state index contributed by atoms with van der Waals surface area (Å²) < 4.78 is 23.7. The van der Waals surface area contributed by atoms with Crippen molar-refractivity contribution in [3.8, 4) is 0 Å². The maximum atomic E-state index is 11.3. The first-order valence-electron chi connectivity index (χ1n) is 4.15. The molecule has 1 aromatic heterocycles. The largest absolute Gasteiger partial charge is 0.294 e. The summed E-state index contributed by atoms with van der Waals surface area (Å²) in [6.45, 7) is 4.79. The molecule has 4 nitrogen and oxygen atoms in total. The minimum atomic E-state index is -3.30. The first-order chi connectivity index (χ1) is 6.25. The SMILES string of the molecule is CC(=O)c1c(C)cn(S(C)(=O)=O)c1C. The minimum absolute atomic E-state index is 0.109. The molecule has 0 spiro atoms. The lowest BCUT2D eigenvalue weighted by molar-refractivity contribution is 0.101. The lowest BCUT2D eigenvalue weighted by atomic mass is 10.1. The number of rotatable bonds is 2. The Bertz CT molecular complexity index is 482. The van der Waals surface area contributed by atoms with Crippen LogP contribution in [0, 0.1) is 13.8 Å². The van der Waals surface area contributed by atoms with Crippen molar-refractivity contribution >= 4 is 15.8 Å². The van der Waals surface area contributed by atoms with Gasteiger partial charge in [0.25, 0.3) is 0 Å². The summed E-state index contributed by atoms with van der Waals surface area (Å²) in [5.74, 6) is -0.109. The Morgan fingerprint density at radius 1 is 1.36 bits per heavy atom. The van der Waals surface area contributed by atoms with Gasteiger partial charge < -0.3 is 0 Å². The molecule has 1 heterocycles. The molecule has 0 aliphatic heterocycles. The van der Waals surface area contributed by atoms with Crippen LogP contribution in [0.25, 0.3) is 0 Å². The van der Waals surface area contributed by atoms with Gasteiger partial charge in [0.05, 0.1) is 6.26 Å². The van der Waals surface area contributed by atoms with Crippen LogP contribution in [0.3, 0.4) is 0 Å². The topological polar surface area (TPSA) is 56.1 Å². The van der Waals surface area contributed by atoms with E-state index < -0.39 is 10.0 Å². The molecule has 78 valence electrons.